The topological polar surface area (TPSA) is 52.6 Å². The van der Waals surface area contributed by atoms with Crippen LogP contribution in [0.4, 0.5) is 0 Å². The number of amides is 1. The summed E-state index contributed by atoms with van der Waals surface area (Å²) in [5.41, 5.74) is 0. The molecule has 1 rings (SSSR count). The number of unbranched alkanes of at least 4 members (excludes halogenated alkanes) is 3. The summed E-state index contributed by atoms with van der Waals surface area (Å²) in [4.78, 5) is 14.2. The number of aliphatic hydroxyl groups excluding tert-OH is 1. The minimum Gasteiger partial charge on any atom is -0.396 e. The van der Waals surface area contributed by atoms with Crippen LogP contribution in [0.5, 0.6) is 0 Å². The summed E-state index contributed by atoms with van der Waals surface area (Å²) in [7, 11) is 0. The van der Waals surface area contributed by atoms with Gasteiger partial charge in [0.1, 0.15) is 0 Å². The average molecular weight is 270 g/mol. The molecule has 19 heavy (non-hydrogen) atoms. The Morgan fingerprint density at radius 2 is 2.16 bits per heavy atom. The molecule has 2 N–H and O–H groups in total. The molecule has 1 saturated heterocycles. The summed E-state index contributed by atoms with van der Waals surface area (Å²) in [5, 5.41) is 11.9. The van der Waals surface area contributed by atoms with Crippen LogP contribution in [0.25, 0.3) is 0 Å². The number of nitrogens with zero attached hydrogens (tertiary/aromatic N) is 1. The number of rotatable bonds is 9. The lowest BCUT2D eigenvalue weighted by atomic mass is 10.0. The Hall–Kier alpha value is -0.610. The van der Waals surface area contributed by atoms with Gasteiger partial charge in [0.05, 0.1) is 0 Å². The van der Waals surface area contributed by atoms with E-state index in [1.165, 1.54) is 6.42 Å². The second kappa shape index (κ2) is 10.2. The zero-order valence-electron chi connectivity index (χ0n) is 12.4. The molecule has 0 saturated carbocycles. The van der Waals surface area contributed by atoms with Gasteiger partial charge in [0.25, 0.3) is 0 Å². The highest BCUT2D eigenvalue weighted by Crippen LogP contribution is 2.11. The van der Waals surface area contributed by atoms with Crippen molar-refractivity contribution in [2.45, 2.75) is 64.3 Å². The highest BCUT2D eigenvalue weighted by Gasteiger charge is 2.20. The molecule has 4 nitrogen and oxygen atoms in total. The summed E-state index contributed by atoms with van der Waals surface area (Å²) in [6.45, 7) is 5.66. The number of aliphatic hydroxyl groups is 1. The van der Waals surface area contributed by atoms with Crippen LogP contribution >= 0.6 is 0 Å². The molecule has 0 aromatic carbocycles. The maximum absolute atomic E-state index is 11.7. The van der Waals surface area contributed by atoms with E-state index in [1.54, 1.807) is 0 Å². The van der Waals surface area contributed by atoms with Crippen molar-refractivity contribution in [1.29, 1.82) is 0 Å². The Labute approximate surface area is 117 Å². The van der Waals surface area contributed by atoms with Gasteiger partial charge in [-0.1, -0.05) is 13.3 Å². The van der Waals surface area contributed by atoms with E-state index in [2.05, 4.69) is 17.1 Å². The summed E-state index contributed by atoms with van der Waals surface area (Å²) in [5.74, 6) is 0.217. The fourth-order valence-corrected chi connectivity index (χ4v) is 2.64. The van der Waals surface area contributed by atoms with Gasteiger partial charge in [0, 0.05) is 25.6 Å². The van der Waals surface area contributed by atoms with Crippen LogP contribution in [0.3, 0.4) is 0 Å². The molecule has 0 bridgehead atoms. The van der Waals surface area contributed by atoms with Crippen LogP contribution in [0.2, 0.25) is 0 Å². The van der Waals surface area contributed by atoms with E-state index in [1.807, 2.05) is 0 Å². The zero-order chi connectivity index (χ0) is 13.9. The SMILES string of the molecule is CCCCC(=O)NC1CCCN(CCCCCO)C1. The highest BCUT2D eigenvalue weighted by molar-refractivity contribution is 5.76. The number of nitrogens with one attached hydrogen (secondary N) is 1. The molecule has 1 atom stereocenters. The van der Waals surface area contributed by atoms with Crippen molar-refractivity contribution in [2.75, 3.05) is 26.2 Å². The largest absolute Gasteiger partial charge is 0.396 e. The van der Waals surface area contributed by atoms with Gasteiger partial charge in [0.2, 0.25) is 5.91 Å². The molecule has 1 aliphatic rings. The van der Waals surface area contributed by atoms with Gasteiger partial charge < -0.3 is 15.3 Å². The monoisotopic (exact) mass is 270 g/mol. The van der Waals surface area contributed by atoms with Crippen LogP contribution < -0.4 is 5.32 Å². The first-order valence-corrected chi connectivity index (χ1v) is 7.88. The van der Waals surface area contributed by atoms with Crippen molar-refractivity contribution in [3.63, 3.8) is 0 Å². The molecule has 1 heterocycles. The van der Waals surface area contributed by atoms with Crippen molar-refractivity contribution >= 4 is 5.91 Å². The van der Waals surface area contributed by atoms with Crippen LogP contribution in [-0.2, 0) is 4.79 Å². The zero-order valence-corrected chi connectivity index (χ0v) is 12.4. The number of carbonyl (C=O) groups excluding carboxylic acids is 1. The highest BCUT2D eigenvalue weighted by atomic mass is 16.2. The predicted molar refractivity (Wildman–Crippen MR) is 78.1 cm³/mol. The Bertz CT molecular complexity index is 246. The predicted octanol–water partition coefficient (Wildman–Crippen LogP) is 1.92. The number of hydrogen-bond acceptors (Lipinski definition) is 3. The molecule has 0 radical (unpaired) electrons. The van der Waals surface area contributed by atoms with E-state index in [-0.39, 0.29) is 5.91 Å². The van der Waals surface area contributed by atoms with Crippen molar-refractivity contribution in [3.8, 4) is 0 Å². The molecule has 0 aromatic rings. The van der Waals surface area contributed by atoms with Gasteiger partial charge >= 0.3 is 0 Å². The first kappa shape index (κ1) is 16.4. The van der Waals surface area contributed by atoms with Gasteiger partial charge in [-0.05, 0) is 51.6 Å². The quantitative estimate of drug-likeness (QED) is 0.629. The third-order valence-corrected chi connectivity index (χ3v) is 3.76. The first-order chi connectivity index (χ1) is 9.26. The van der Waals surface area contributed by atoms with Gasteiger partial charge in [-0.15, -0.1) is 0 Å². The molecule has 1 aliphatic heterocycles. The number of likely N-dealkylation sites (tertiary alicyclic amines) is 1. The molecule has 4 heteroatoms. The van der Waals surface area contributed by atoms with E-state index in [0.29, 0.717) is 19.1 Å². The average Bonchev–Trinajstić information content (AvgIpc) is 2.42. The van der Waals surface area contributed by atoms with Crippen molar-refractivity contribution in [1.82, 2.24) is 10.2 Å². The van der Waals surface area contributed by atoms with Crippen molar-refractivity contribution < 1.29 is 9.90 Å². The lowest BCUT2D eigenvalue weighted by Gasteiger charge is -2.33. The first-order valence-electron chi connectivity index (χ1n) is 7.88. The third kappa shape index (κ3) is 7.53. The van der Waals surface area contributed by atoms with E-state index >= 15 is 0 Å². The van der Waals surface area contributed by atoms with Crippen LogP contribution in [-0.4, -0.2) is 48.2 Å². The number of piperidine rings is 1. The second-order valence-electron chi connectivity index (χ2n) is 5.60. The summed E-state index contributed by atoms with van der Waals surface area (Å²) >= 11 is 0. The Morgan fingerprint density at radius 1 is 1.32 bits per heavy atom. The van der Waals surface area contributed by atoms with Gasteiger partial charge in [0.15, 0.2) is 0 Å². The smallest absolute Gasteiger partial charge is 0.220 e. The molecular weight excluding hydrogens is 240 g/mol. The Balaban J connectivity index is 2.16. The lowest BCUT2D eigenvalue weighted by Crippen LogP contribution is -2.47. The lowest BCUT2D eigenvalue weighted by molar-refractivity contribution is -0.122. The van der Waals surface area contributed by atoms with E-state index in [4.69, 9.17) is 5.11 Å². The standard InChI is InChI=1S/C15H30N2O2/c1-2-3-9-15(19)16-14-8-7-11-17(13-14)10-5-4-6-12-18/h14,18H,2-13H2,1H3,(H,16,19). The maximum Gasteiger partial charge on any atom is 0.220 e. The summed E-state index contributed by atoms with van der Waals surface area (Å²) in [6.07, 6.45) is 8.19. The van der Waals surface area contributed by atoms with Gasteiger partial charge in [-0.3, -0.25) is 4.79 Å². The molecular formula is C15H30N2O2. The molecule has 112 valence electrons. The van der Waals surface area contributed by atoms with Gasteiger partial charge in [-0.2, -0.15) is 0 Å². The van der Waals surface area contributed by atoms with Gasteiger partial charge in [-0.25, -0.2) is 0 Å². The van der Waals surface area contributed by atoms with E-state index < -0.39 is 0 Å². The normalized spacial score (nSPS) is 20.4. The summed E-state index contributed by atoms with van der Waals surface area (Å²) in [6, 6.07) is 0.343. The second-order valence-corrected chi connectivity index (χ2v) is 5.60. The summed E-state index contributed by atoms with van der Waals surface area (Å²) < 4.78 is 0. The molecule has 0 spiro atoms. The Kier molecular flexibility index (Phi) is 8.84. The van der Waals surface area contributed by atoms with Crippen LogP contribution in [0.15, 0.2) is 0 Å². The van der Waals surface area contributed by atoms with Crippen molar-refractivity contribution in [2.24, 2.45) is 0 Å². The van der Waals surface area contributed by atoms with E-state index in [0.717, 1.165) is 58.2 Å². The molecule has 1 unspecified atom stereocenters. The molecule has 1 amide bonds. The fraction of sp³-hybridized carbons (Fsp3) is 0.933. The number of carbonyl (C=O) groups is 1. The minimum atomic E-state index is 0.217. The molecule has 0 aliphatic carbocycles. The van der Waals surface area contributed by atoms with Crippen molar-refractivity contribution in [3.05, 3.63) is 0 Å². The maximum atomic E-state index is 11.7. The van der Waals surface area contributed by atoms with Crippen LogP contribution in [0, 0.1) is 0 Å². The molecule has 1 fully saturated rings. The van der Waals surface area contributed by atoms with E-state index in [9.17, 15) is 4.79 Å². The third-order valence-electron chi connectivity index (χ3n) is 3.76. The fourth-order valence-electron chi connectivity index (χ4n) is 2.64. The minimum absolute atomic E-state index is 0.217. The Morgan fingerprint density at radius 3 is 2.89 bits per heavy atom. The number of hydrogen-bond donors (Lipinski definition) is 2. The van der Waals surface area contributed by atoms with Crippen LogP contribution in [0.1, 0.15) is 58.3 Å². The molecule has 0 aromatic heterocycles.